The van der Waals surface area contributed by atoms with Gasteiger partial charge in [0.25, 0.3) is 10.1 Å². The van der Waals surface area contributed by atoms with Crippen molar-refractivity contribution >= 4 is 15.8 Å². The molecule has 4 rings (SSSR count). The molecule has 0 fully saturated rings. The van der Waals surface area contributed by atoms with Gasteiger partial charge in [0.05, 0.1) is 41.9 Å². The first kappa shape index (κ1) is 25.9. The van der Waals surface area contributed by atoms with Crippen molar-refractivity contribution in [1.82, 2.24) is 19.6 Å². The standard InChI is InChI=1S/C22H12F6N4O4S/c1-36-20-13(8-16(11-29-20)37(33,34)35)2-3-14-10-30-32-18(22(26,27)28)9-17(31-19(14)32)12-4-6-15(7-5-12)21(23,24)25/h4-11H,1H3,(H,33,34,35). The molecule has 0 radical (unpaired) electrons. The second kappa shape index (κ2) is 9.05. The number of alkyl halides is 6. The van der Waals surface area contributed by atoms with Gasteiger partial charge in [-0.05, 0) is 24.3 Å². The van der Waals surface area contributed by atoms with E-state index in [2.05, 4.69) is 26.9 Å². The Hall–Kier alpha value is -4.16. The third-order valence-electron chi connectivity index (χ3n) is 4.92. The summed E-state index contributed by atoms with van der Waals surface area (Å²) in [7, 11) is -3.43. The number of rotatable bonds is 3. The smallest absolute Gasteiger partial charge is 0.433 e. The Labute approximate surface area is 204 Å². The first-order valence-electron chi connectivity index (χ1n) is 9.85. The molecule has 0 bridgehead atoms. The van der Waals surface area contributed by atoms with E-state index in [1.165, 1.54) is 7.11 Å². The molecule has 0 aliphatic heterocycles. The van der Waals surface area contributed by atoms with Gasteiger partial charge < -0.3 is 4.74 Å². The van der Waals surface area contributed by atoms with Crippen molar-refractivity contribution in [2.45, 2.75) is 17.2 Å². The zero-order chi connectivity index (χ0) is 27.2. The van der Waals surface area contributed by atoms with Gasteiger partial charge in [-0.1, -0.05) is 24.0 Å². The van der Waals surface area contributed by atoms with Crippen LogP contribution >= 0.6 is 0 Å². The Morgan fingerprint density at radius 1 is 0.946 bits per heavy atom. The second-order valence-electron chi connectivity index (χ2n) is 7.35. The average Bonchev–Trinajstić information content (AvgIpc) is 3.23. The Morgan fingerprint density at radius 2 is 1.59 bits per heavy atom. The van der Waals surface area contributed by atoms with Crippen molar-refractivity contribution < 1.29 is 44.0 Å². The Kier molecular flexibility index (Phi) is 6.34. The highest BCUT2D eigenvalue weighted by Gasteiger charge is 2.36. The van der Waals surface area contributed by atoms with Crippen molar-refractivity contribution in [1.29, 1.82) is 0 Å². The van der Waals surface area contributed by atoms with E-state index in [1.54, 1.807) is 0 Å². The lowest BCUT2D eigenvalue weighted by atomic mass is 10.1. The van der Waals surface area contributed by atoms with Gasteiger partial charge in [-0.25, -0.2) is 14.5 Å². The van der Waals surface area contributed by atoms with Crippen LogP contribution in [0.25, 0.3) is 16.9 Å². The fourth-order valence-electron chi connectivity index (χ4n) is 3.19. The number of methoxy groups -OCH3 is 1. The molecular formula is C22H12F6N4O4S. The summed E-state index contributed by atoms with van der Waals surface area (Å²) < 4.78 is 117. The summed E-state index contributed by atoms with van der Waals surface area (Å²) in [5.74, 6) is 4.88. The number of benzene rings is 1. The molecule has 0 atom stereocenters. The van der Waals surface area contributed by atoms with E-state index in [0.717, 1.165) is 30.6 Å². The molecule has 0 aliphatic carbocycles. The lowest BCUT2D eigenvalue weighted by Gasteiger charge is -2.12. The summed E-state index contributed by atoms with van der Waals surface area (Å²) in [6.07, 6.45) is -7.74. The first-order chi connectivity index (χ1) is 17.2. The van der Waals surface area contributed by atoms with Crippen molar-refractivity contribution in [3.63, 3.8) is 0 Å². The average molecular weight is 542 g/mol. The largest absolute Gasteiger partial charge is 0.480 e. The van der Waals surface area contributed by atoms with Gasteiger partial charge in [-0.3, -0.25) is 4.55 Å². The molecule has 0 unspecified atom stereocenters. The highest BCUT2D eigenvalue weighted by atomic mass is 32.2. The number of halogens is 6. The number of aromatic nitrogens is 4. The predicted molar refractivity (Wildman–Crippen MR) is 115 cm³/mol. The molecule has 0 saturated carbocycles. The normalized spacial score (nSPS) is 12.3. The fraction of sp³-hybridized carbons (Fsp3) is 0.136. The minimum absolute atomic E-state index is 0.0205. The van der Waals surface area contributed by atoms with Crippen LogP contribution < -0.4 is 4.74 Å². The zero-order valence-electron chi connectivity index (χ0n) is 18.3. The minimum Gasteiger partial charge on any atom is -0.480 e. The monoisotopic (exact) mass is 542 g/mol. The summed E-state index contributed by atoms with van der Waals surface area (Å²) in [4.78, 5) is 7.24. The summed E-state index contributed by atoms with van der Waals surface area (Å²) in [6, 6.07) is 4.99. The Morgan fingerprint density at radius 3 is 2.16 bits per heavy atom. The third-order valence-corrected chi connectivity index (χ3v) is 5.74. The van der Waals surface area contributed by atoms with Crippen molar-refractivity contribution in [2.24, 2.45) is 0 Å². The molecule has 8 nitrogen and oxygen atoms in total. The number of nitrogens with zero attached hydrogens (tertiary/aromatic N) is 4. The third kappa shape index (κ3) is 5.34. The van der Waals surface area contributed by atoms with E-state index in [1.807, 2.05) is 0 Å². The van der Waals surface area contributed by atoms with E-state index in [4.69, 9.17) is 4.74 Å². The Balaban J connectivity index is 1.88. The SMILES string of the molecule is COc1ncc(S(=O)(=O)O)cc1C#Cc1cnn2c(C(F)(F)F)cc(-c3ccc(C(F)(F)F)cc3)nc12. The van der Waals surface area contributed by atoms with Gasteiger partial charge in [-0.2, -0.15) is 39.9 Å². The molecule has 15 heteroatoms. The van der Waals surface area contributed by atoms with E-state index in [9.17, 15) is 39.3 Å². The summed E-state index contributed by atoms with van der Waals surface area (Å²) in [6.45, 7) is 0. The van der Waals surface area contributed by atoms with Crippen LogP contribution in [0.5, 0.6) is 5.88 Å². The highest BCUT2D eigenvalue weighted by Crippen LogP contribution is 2.34. The second-order valence-corrected chi connectivity index (χ2v) is 8.77. The van der Waals surface area contributed by atoms with E-state index in [0.29, 0.717) is 22.7 Å². The predicted octanol–water partition coefficient (Wildman–Crippen LogP) is 4.48. The molecule has 0 saturated heterocycles. The number of hydrogen-bond donors (Lipinski definition) is 1. The van der Waals surface area contributed by atoms with Gasteiger partial charge in [0.2, 0.25) is 5.88 Å². The van der Waals surface area contributed by atoms with Gasteiger partial charge in [0, 0.05) is 5.56 Å². The maximum absolute atomic E-state index is 13.8. The first-order valence-corrected chi connectivity index (χ1v) is 11.3. The topological polar surface area (TPSA) is 107 Å². The molecule has 1 aromatic carbocycles. The van der Waals surface area contributed by atoms with Gasteiger partial charge in [-0.15, -0.1) is 0 Å². The van der Waals surface area contributed by atoms with Crippen molar-refractivity contribution in [3.05, 3.63) is 71.2 Å². The fourth-order valence-corrected chi connectivity index (χ4v) is 3.64. The molecule has 0 spiro atoms. The van der Waals surface area contributed by atoms with E-state index < -0.39 is 38.6 Å². The molecule has 0 amide bonds. The van der Waals surface area contributed by atoms with Crippen LogP contribution in [0.3, 0.4) is 0 Å². The van der Waals surface area contributed by atoms with Crippen LogP contribution in [0.4, 0.5) is 26.3 Å². The summed E-state index contributed by atoms with van der Waals surface area (Å²) in [5.41, 5.74) is -3.16. The maximum Gasteiger partial charge on any atom is 0.433 e. The minimum atomic E-state index is -4.91. The molecule has 3 heterocycles. The summed E-state index contributed by atoms with van der Waals surface area (Å²) >= 11 is 0. The zero-order valence-corrected chi connectivity index (χ0v) is 19.1. The molecule has 37 heavy (non-hydrogen) atoms. The van der Waals surface area contributed by atoms with Crippen molar-refractivity contribution in [2.75, 3.05) is 7.11 Å². The molecular weight excluding hydrogens is 530 g/mol. The van der Waals surface area contributed by atoms with Crippen LogP contribution in [0, 0.1) is 11.8 Å². The van der Waals surface area contributed by atoms with Gasteiger partial charge >= 0.3 is 12.4 Å². The number of fused-ring (bicyclic) bond motifs is 1. The molecule has 192 valence electrons. The quantitative estimate of drug-likeness (QED) is 0.231. The van der Waals surface area contributed by atoms with Gasteiger partial charge in [0.15, 0.2) is 11.3 Å². The van der Waals surface area contributed by atoms with Crippen LogP contribution in [-0.4, -0.2) is 39.7 Å². The molecule has 1 N–H and O–H groups in total. The highest BCUT2D eigenvalue weighted by molar-refractivity contribution is 7.85. The Bertz CT molecular complexity index is 1670. The molecule has 0 aliphatic rings. The molecule has 3 aromatic heterocycles. The lowest BCUT2D eigenvalue weighted by molar-refractivity contribution is -0.142. The van der Waals surface area contributed by atoms with Crippen LogP contribution in [0.1, 0.15) is 22.4 Å². The van der Waals surface area contributed by atoms with Crippen LogP contribution in [-0.2, 0) is 22.5 Å². The van der Waals surface area contributed by atoms with Crippen LogP contribution in [0.15, 0.2) is 53.7 Å². The number of pyridine rings is 1. The maximum atomic E-state index is 13.8. The van der Waals surface area contributed by atoms with E-state index >= 15 is 0 Å². The van der Waals surface area contributed by atoms with Crippen molar-refractivity contribution in [3.8, 4) is 29.0 Å². The number of ether oxygens (including phenoxy) is 1. The lowest BCUT2D eigenvalue weighted by Crippen LogP contribution is -2.13. The van der Waals surface area contributed by atoms with Crippen LogP contribution in [0.2, 0.25) is 0 Å². The number of hydrogen-bond acceptors (Lipinski definition) is 6. The van der Waals surface area contributed by atoms with E-state index in [-0.39, 0.29) is 33.9 Å². The summed E-state index contributed by atoms with van der Waals surface area (Å²) in [5, 5.41) is 3.68. The van der Waals surface area contributed by atoms with Gasteiger partial charge in [0.1, 0.15) is 4.90 Å². The molecule has 4 aromatic rings.